The van der Waals surface area contributed by atoms with E-state index < -0.39 is 210 Å². The van der Waals surface area contributed by atoms with Crippen molar-refractivity contribution in [3.8, 4) is 0 Å². The number of nitrogens with two attached hydrogens (primary N) is 2. The number of nitrogens with zero attached hydrogens (tertiary/aromatic N) is 4. The molecule has 6 heterocycles. The molecular weight excluding hydrogens is 1860 g/mol. The summed E-state index contributed by atoms with van der Waals surface area (Å²) in [6, 6.07) is 16.4. The quantitative estimate of drug-likeness (QED) is 0.0834. The highest BCUT2D eigenvalue weighted by Gasteiger charge is 2.44. The van der Waals surface area contributed by atoms with Gasteiger partial charge in [0.05, 0.1) is 30.7 Å². The Morgan fingerprint density at radius 2 is 0.993 bits per heavy atom. The summed E-state index contributed by atoms with van der Waals surface area (Å²) in [5.41, 5.74) is 17.2. The molecule has 7 aromatic rings. The molecule has 1 aliphatic carbocycles. The third-order valence-electron chi connectivity index (χ3n) is 25.3. The van der Waals surface area contributed by atoms with Crippen LogP contribution >= 0.6 is 35.3 Å². The zero-order chi connectivity index (χ0) is 101. The van der Waals surface area contributed by atoms with Gasteiger partial charge in [0.15, 0.2) is 5.78 Å². The number of hydrogen-bond acceptors (Lipinski definition) is 23. The van der Waals surface area contributed by atoms with E-state index in [2.05, 4.69) is 63.1 Å². The van der Waals surface area contributed by atoms with E-state index in [0.717, 1.165) is 35.3 Å². The number of aliphatic hydroxyl groups is 1. The van der Waals surface area contributed by atoms with Gasteiger partial charge in [-0.2, -0.15) is 35.3 Å². The van der Waals surface area contributed by atoms with Gasteiger partial charge in [0, 0.05) is 159 Å². The summed E-state index contributed by atoms with van der Waals surface area (Å²) in [4.78, 5) is 275. The first-order valence-electron chi connectivity index (χ1n) is 46.9. The maximum atomic E-state index is 15.7. The summed E-state index contributed by atoms with van der Waals surface area (Å²) in [7, 11) is 0. The molecule has 2 fully saturated rings. The van der Waals surface area contributed by atoms with Crippen molar-refractivity contribution in [2.75, 3.05) is 47.6 Å². The van der Waals surface area contributed by atoms with E-state index in [1.807, 2.05) is 12.1 Å². The average Bonchev–Trinajstić information content (AvgIpc) is 1.57. The number of carboxylic acid groups (broad SMARTS) is 2. The number of primary amides is 1. The molecule has 140 heavy (non-hydrogen) atoms. The van der Waals surface area contributed by atoms with Gasteiger partial charge in [-0.1, -0.05) is 119 Å². The number of amides is 15. The molecule has 13 atom stereocenters. The molecule has 0 spiro atoms. The summed E-state index contributed by atoms with van der Waals surface area (Å²) in [6.07, 6.45) is -0.775. The van der Waals surface area contributed by atoms with E-state index in [-0.39, 0.29) is 150 Å². The Labute approximate surface area is 821 Å². The van der Waals surface area contributed by atoms with Crippen LogP contribution < -0.4 is 64.6 Å². The first-order chi connectivity index (χ1) is 66.9. The summed E-state index contributed by atoms with van der Waals surface area (Å²) in [5, 5.41) is 60.6. The van der Waals surface area contributed by atoms with Crippen molar-refractivity contribution in [2.24, 2.45) is 29.2 Å². The van der Waals surface area contributed by atoms with Crippen LogP contribution in [0.3, 0.4) is 0 Å². The molecule has 12 rings (SSSR count). The molecule has 1 saturated carbocycles. The molecule has 12 bridgehead atoms. The van der Waals surface area contributed by atoms with Crippen LogP contribution in [0.5, 0.6) is 0 Å². The number of aliphatic hydroxyl groups excluding tert-OH is 1. The van der Waals surface area contributed by atoms with Crippen LogP contribution in [0, 0.1) is 17.8 Å². The lowest BCUT2D eigenvalue weighted by atomic mass is 9.85. The average molecular weight is 1980 g/mol. The molecule has 2 aromatic heterocycles. The fourth-order valence-corrected chi connectivity index (χ4v) is 20.6. The molecule has 5 aromatic carbocycles. The van der Waals surface area contributed by atoms with Gasteiger partial charge in [-0.05, 0) is 120 Å². The van der Waals surface area contributed by atoms with Gasteiger partial charge in [0.25, 0.3) is 0 Å². The lowest BCUT2D eigenvalue weighted by molar-refractivity contribution is -0.143. The molecular formula is C98H122N18O21S3. The van der Waals surface area contributed by atoms with Gasteiger partial charge < -0.3 is 110 Å². The number of carbonyl (C=O) groups is 18. The number of carboxylic acids is 2. The highest BCUT2D eigenvalue weighted by atomic mass is 32.2. The number of benzene rings is 5. The number of aliphatic carboxylic acids is 1. The van der Waals surface area contributed by atoms with Gasteiger partial charge >= 0.3 is 11.9 Å². The molecule has 5 aliphatic rings. The summed E-state index contributed by atoms with van der Waals surface area (Å²) in [5.74, 6) is -19.6. The largest absolute Gasteiger partial charge is 0.481 e. The number of carbonyl (C=O) groups excluding carboxylic acids is 16. The maximum Gasteiger partial charge on any atom is 0.335 e. The Hall–Kier alpha value is -13.2. The number of nitrogens with one attached hydrogen (secondary N) is 12. The van der Waals surface area contributed by atoms with Crippen molar-refractivity contribution in [1.29, 1.82) is 0 Å². The van der Waals surface area contributed by atoms with E-state index in [1.54, 1.807) is 122 Å². The topological polar surface area (TPSA) is 585 Å². The predicted molar refractivity (Wildman–Crippen MR) is 522 cm³/mol. The normalized spacial score (nSPS) is 24.4. The zero-order valence-electron chi connectivity index (χ0n) is 78.5. The second kappa shape index (κ2) is 49.6. The minimum Gasteiger partial charge on any atom is -0.481 e. The SMILES string of the molecule is CC(C)[C@@H]1NC(=O)[C@H](Cc2c[nH]c3ccccc23)NC(=O)[C@@H]2CSCCC(=O)N3Cc4cccc(c4)CN(Cc4cccc(c4)CN(Cc4cc(cc(C(=O)O)c4)C3)C(=O)CCSC[C@@H](C(N)=O)NC(=O)[C@@H]3CCCN3C(=O)[C@H](C(C)C)NC(=O)[C@H](Cc3c[nH]c4ccccc34)NC(=O)CNC(=O)[C@H](CC(=O)O)NC1=O)C(=O)CCSC[C@H](NC(=O)[C@@H](C)N)C(=O)N[C@@H]1C(=O)C[C@@H](CCC[C@H]1O)C(=O)N2. The van der Waals surface area contributed by atoms with Crippen LogP contribution in [-0.4, -0.2) is 271 Å². The molecule has 0 unspecified atom stereocenters. The number of aromatic nitrogens is 2. The maximum absolute atomic E-state index is 15.7. The lowest BCUT2D eigenvalue weighted by Gasteiger charge is -2.32. The standard InChI is InChI=1S/C98H122N18O21S3/c1-53(2)84-96(134)106-72(40-83(123)124)90(128)103-43-79(119)104-70(37-64-41-101-68-21-8-6-19-66(64)68)91(129)111-85(54(3)4)97(135)116-28-13-23-76(116)95(133)107-73(87(100)125)50-138-29-25-81(121)114-46-58-16-10-14-56(32-58)44-113-45-57-15-11-17-59(33-57)47-115(49-61-34-60(48-114)35-63(36-61)98(136)137)82(122)27-31-139-51-74(93(131)105-71(92(130)110-84)38-65-42-102-69-22-9-7-20-67(65)69)109-89(127)62-18-12-24-77(117)86(78(118)39-62)112-94(132)75(108-88(126)55(5)99)52-140-30-26-80(113)120/h6-11,14-17,19-22,32-36,41-42,53-55,62,70-77,84-86,101-102,117H,12-13,18,23-31,37-40,43-52,99H2,1-5H3,(H2,100,125)(H,103,128)(H,104,119)(H,105,131)(H,106,134)(H,107,133)(H,108,126)(H,109,127)(H,110,130)(H,111,129)(H,112,132)(H,123,124)(H,136,137)/t55-,62-,70+,71+,72+,73+,74+,75+,76+,77-,84+,85+,86+/m1/s1. The van der Waals surface area contributed by atoms with E-state index in [1.165, 1.54) is 47.6 Å². The number of rotatable bonds is 12. The fourth-order valence-electron chi connectivity index (χ4n) is 17.8. The van der Waals surface area contributed by atoms with Gasteiger partial charge in [-0.3, -0.25) is 81.5 Å². The predicted octanol–water partition coefficient (Wildman–Crippen LogP) is 2.34. The monoisotopic (exact) mass is 1980 g/mol. The van der Waals surface area contributed by atoms with Gasteiger partial charge in [-0.25, -0.2) is 4.79 Å². The summed E-state index contributed by atoms with van der Waals surface area (Å²) >= 11 is 3.25. The Balaban J connectivity index is 0.937. The van der Waals surface area contributed by atoms with Crippen LogP contribution in [0.1, 0.15) is 154 Å². The number of para-hydroxylation sites is 2. The molecule has 19 N–H and O–H groups in total. The van der Waals surface area contributed by atoms with Crippen LogP contribution in [0.2, 0.25) is 0 Å². The lowest BCUT2D eigenvalue weighted by Crippen LogP contribution is -2.61. The van der Waals surface area contributed by atoms with Crippen molar-refractivity contribution in [3.63, 3.8) is 0 Å². The Kier molecular flexibility index (Phi) is 37.4. The van der Waals surface area contributed by atoms with E-state index in [4.69, 9.17) is 11.5 Å². The van der Waals surface area contributed by atoms with Gasteiger partial charge in [0.2, 0.25) is 88.6 Å². The Morgan fingerprint density at radius 1 is 0.493 bits per heavy atom. The first-order valence-corrected chi connectivity index (χ1v) is 50.3. The Bertz CT molecular complexity index is 5790. The molecule has 39 nitrogen and oxygen atoms in total. The molecule has 15 amide bonds. The van der Waals surface area contributed by atoms with Crippen LogP contribution in [0.25, 0.3) is 21.8 Å². The second-order valence-corrected chi connectivity index (χ2v) is 40.2. The second-order valence-electron chi connectivity index (χ2n) is 36.8. The van der Waals surface area contributed by atoms with Crippen molar-refractivity contribution in [2.45, 2.75) is 224 Å². The summed E-state index contributed by atoms with van der Waals surface area (Å²) in [6.45, 7) is 6.20. The van der Waals surface area contributed by atoms with Crippen molar-refractivity contribution in [1.82, 2.24) is 82.7 Å². The van der Waals surface area contributed by atoms with Crippen LogP contribution in [-0.2, 0) is 134 Å². The van der Waals surface area contributed by atoms with Gasteiger partial charge in [-0.15, -0.1) is 0 Å². The van der Waals surface area contributed by atoms with E-state index in [9.17, 15) is 68.1 Å². The minimum absolute atomic E-state index is 0.00240. The minimum atomic E-state index is -1.96. The number of fused-ring (bicyclic) bond motifs is 15. The highest BCUT2D eigenvalue weighted by Crippen LogP contribution is 2.30. The third-order valence-corrected chi connectivity index (χ3v) is 28.5. The Morgan fingerprint density at radius 3 is 1.51 bits per heavy atom. The highest BCUT2D eigenvalue weighted by molar-refractivity contribution is 7.99. The van der Waals surface area contributed by atoms with Crippen molar-refractivity contribution in [3.05, 3.63) is 178 Å². The zero-order valence-corrected chi connectivity index (χ0v) is 81.0. The molecule has 748 valence electrons. The number of H-pyrrole nitrogens is 2. The summed E-state index contributed by atoms with van der Waals surface area (Å²) < 4.78 is 0. The molecule has 1 saturated heterocycles. The number of aromatic carboxylic acids is 1. The van der Waals surface area contributed by atoms with Crippen molar-refractivity contribution < 1.29 is 102 Å². The number of hydrogen-bond donors (Lipinski definition) is 17. The third kappa shape index (κ3) is 29.0. The van der Waals surface area contributed by atoms with Crippen LogP contribution in [0.4, 0.5) is 0 Å². The number of ketones is 1. The van der Waals surface area contributed by atoms with Crippen LogP contribution in [0.15, 0.2) is 128 Å². The fraction of sp³-hybridized carbons (Fsp3) is 0.469. The molecule has 4 aliphatic heterocycles. The number of thioether (sulfide) groups is 3. The smallest absolute Gasteiger partial charge is 0.335 e. The van der Waals surface area contributed by atoms with Crippen molar-refractivity contribution >= 4 is 163 Å². The first kappa shape index (κ1) is 106. The van der Waals surface area contributed by atoms with Gasteiger partial charge in [0.1, 0.15) is 60.4 Å². The number of Topliss-reactive ketones (excluding diaryl/α,β-unsaturated/α-hetero) is 1. The van der Waals surface area contributed by atoms with E-state index >= 15 is 33.6 Å². The number of aromatic amines is 2. The molecule has 0 radical (unpaired) electrons. The van der Waals surface area contributed by atoms with E-state index in [0.29, 0.717) is 72.7 Å². The molecule has 42 heteroatoms.